The van der Waals surface area contributed by atoms with Crippen LogP contribution in [-0.2, 0) is 16.2 Å². The van der Waals surface area contributed by atoms with Crippen molar-refractivity contribution >= 4 is 11.6 Å². The summed E-state index contributed by atoms with van der Waals surface area (Å²) in [5.41, 5.74) is 9.63. The van der Waals surface area contributed by atoms with Crippen molar-refractivity contribution in [1.29, 1.82) is 0 Å². The Kier molecular flexibility index (Phi) is 5.81. The van der Waals surface area contributed by atoms with Crippen molar-refractivity contribution in [2.75, 3.05) is 7.05 Å². The third-order valence-corrected chi connectivity index (χ3v) is 2.34. The van der Waals surface area contributed by atoms with Gasteiger partial charge in [0, 0.05) is 17.6 Å². The van der Waals surface area contributed by atoms with E-state index >= 15 is 0 Å². The van der Waals surface area contributed by atoms with Crippen molar-refractivity contribution in [3.05, 3.63) is 40.3 Å². The molecule has 0 saturated heterocycles. The van der Waals surface area contributed by atoms with Gasteiger partial charge in [-0.3, -0.25) is 9.63 Å². The zero-order valence-electron chi connectivity index (χ0n) is 10.9. The fourth-order valence-electron chi connectivity index (χ4n) is 1.34. The van der Waals surface area contributed by atoms with E-state index in [9.17, 15) is 4.79 Å². The molecule has 1 atom stereocenters. The number of aliphatic hydroxyl groups excluding tert-OH is 1. The van der Waals surface area contributed by atoms with Crippen LogP contribution in [0.1, 0.15) is 18.9 Å². The van der Waals surface area contributed by atoms with Gasteiger partial charge >= 0.3 is 0 Å². The van der Waals surface area contributed by atoms with E-state index in [0.717, 1.165) is 10.6 Å². The van der Waals surface area contributed by atoms with Crippen LogP contribution in [0.5, 0.6) is 0 Å². The van der Waals surface area contributed by atoms with Crippen molar-refractivity contribution in [2.45, 2.75) is 26.1 Å². The Hall–Kier alpha value is -2.08. The first-order chi connectivity index (χ1) is 9.02. The molecule has 0 heterocycles. The number of hydroxylamine groups is 2. The Bertz CT molecular complexity index is 466. The summed E-state index contributed by atoms with van der Waals surface area (Å²) in [6, 6.07) is 6.82. The first-order valence-corrected chi connectivity index (χ1v) is 5.74. The maximum Gasteiger partial charge on any atom is 0.248 e. The molecule has 0 spiro atoms. The molecule has 0 aliphatic rings. The molecule has 1 aromatic carbocycles. The van der Waals surface area contributed by atoms with E-state index in [1.807, 2.05) is 0 Å². The molecule has 1 rings (SSSR count). The van der Waals surface area contributed by atoms with Crippen molar-refractivity contribution in [1.82, 2.24) is 5.06 Å². The molecule has 0 saturated carbocycles. The molecule has 0 aliphatic carbocycles. The van der Waals surface area contributed by atoms with Crippen molar-refractivity contribution < 1.29 is 14.7 Å². The molecule has 7 nitrogen and oxygen atoms in total. The molecular formula is C12H16N4O3. The van der Waals surface area contributed by atoms with Gasteiger partial charge in [-0.2, -0.15) is 0 Å². The minimum atomic E-state index is -0.693. The summed E-state index contributed by atoms with van der Waals surface area (Å²) >= 11 is 0. The van der Waals surface area contributed by atoms with E-state index in [1.54, 1.807) is 31.2 Å². The molecule has 102 valence electrons. The lowest BCUT2D eigenvalue weighted by Crippen LogP contribution is -2.29. The highest BCUT2D eigenvalue weighted by atomic mass is 16.7. The smallest absolute Gasteiger partial charge is 0.248 e. The summed E-state index contributed by atoms with van der Waals surface area (Å²) in [5.74, 6) is -0.291. The molecule has 1 N–H and O–H groups in total. The summed E-state index contributed by atoms with van der Waals surface area (Å²) in [6.45, 7) is 1.76. The van der Waals surface area contributed by atoms with Gasteiger partial charge in [0.15, 0.2) is 0 Å². The second-order valence-electron chi connectivity index (χ2n) is 4.07. The predicted octanol–water partition coefficient (Wildman–Crippen LogP) is 2.29. The Labute approximate surface area is 111 Å². The maximum absolute atomic E-state index is 11.5. The van der Waals surface area contributed by atoms with E-state index in [-0.39, 0.29) is 18.9 Å². The monoisotopic (exact) mass is 264 g/mol. The van der Waals surface area contributed by atoms with Gasteiger partial charge < -0.3 is 5.11 Å². The zero-order valence-corrected chi connectivity index (χ0v) is 10.9. The summed E-state index contributed by atoms with van der Waals surface area (Å²) in [4.78, 5) is 19.4. The van der Waals surface area contributed by atoms with E-state index in [0.29, 0.717) is 5.69 Å². The fourth-order valence-corrected chi connectivity index (χ4v) is 1.34. The molecule has 19 heavy (non-hydrogen) atoms. The number of nitrogens with zero attached hydrogens (tertiary/aromatic N) is 4. The standard InChI is InChI=1S/C12H16N4O3/c1-9(17)7-12(18)16(2)19-8-10-3-5-11(6-4-10)14-15-13/h3-6,9,17H,7-8H2,1-2H3. The first kappa shape index (κ1) is 15.0. The van der Waals surface area contributed by atoms with Gasteiger partial charge in [-0.05, 0) is 18.0 Å². The molecule has 0 fully saturated rings. The van der Waals surface area contributed by atoms with Crippen LogP contribution in [-0.4, -0.2) is 29.2 Å². The van der Waals surface area contributed by atoms with Crippen LogP contribution in [0.3, 0.4) is 0 Å². The third kappa shape index (κ3) is 5.39. The average Bonchev–Trinajstić information content (AvgIpc) is 2.37. The van der Waals surface area contributed by atoms with Crippen LogP contribution >= 0.6 is 0 Å². The quantitative estimate of drug-likeness (QED) is 0.369. The van der Waals surface area contributed by atoms with E-state index in [2.05, 4.69) is 10.0 Å². The Morgan fingerprint density at radius 3 is 2.68 bits per heavy atom. The Morgan fingerprint density at radius 2 is 2.16 bits per heavy atom. The normalized spacial score (nSPS) is 11.5. The van der Waals surface area contributed by atoms with Gasteiger partial charge in [0.25, 0.3) is 0 Å². The number of aliphatic hydroxyl groups is 1. The topological polar surface area (TPSA) is 98.5 Å². The average molecular weight is 264 g/mol. The number of hydrogen-bond acceptors (Lipinski definition) is 4. The first-order valence-electron chi connectivity index (χ1n) is 5.74. The van der Waals surface area contributed by atoms with Gasteiger partial charge in [-0.15, -0.1) is 0 Å². The SMILES string of the molecule is CC(O)CC(=O)N(C)OCc1ccc(N=[N+]=[N-])cc1. The maximum atomic E-state index is 11.5. The van der Waals surface area contributed by atoms with Crippen LogP contribution in [0, 0.1) is 0 Å². The van der Waals surface area contributed by atoms with Crippen molar-refractivity contribution in [3.8, 4) is 0 Å². The van der Waals surface area contributed by atoms with Gasteiger partial charge in [0.1, 0.15) is 6.61 Å². The summed E-state index contributed by atoms with van der Waals surface area (Å²) in [7, 11) is 1.50. The lowest BCUT2D eigenvalue weighted by molar-refractivity contribution is -0.184. The number of amides is 1. The summed E-state index contributed by atoms with van der Waals surface area (Å²) in [6.07, 6.45) is -0.673. The molecule has 0 radical (unpaired) electrons. The van der Waals surface area contributed by atoms with Gasteiger partial charge in [-0.1, -0.05) is 29.4 Å². The molecule has 0 bridgehead atoms. The van der Waals surface area contributed by atoms with Crippen LogP contribution in [0.4, 0.5) is 5.69 Å². The minimum Gasteiger partial charge on any atom is -0.393 e. The summed E-state index contributed by atoms with van der Waals surface area (Å²) < 4.78 is 0. The summed E-state index contributed by atoms with van der Waals surface area (Å²) in [5, 5.41) is 13.7. The lowest BCUT2D eigenvalue weighted by Gasteiger charge is -2.17. The zero-order chi connectivity index (χ0) is 14.3. The number of rotatable bonds is 6. The number of carbonyl (C=O) groups excluding carboxylic acids is 1. The number of benzene rings is 1. The van der Waals surface area contributed by atoms with Crippen LogP contribution < -0.4 is 0 Å². The highest BCUT2D eigenvalue weighted by molar-refractivity contribution is 5.75. The fraction of sp³-hybridized carbons (Fsp3) is 0.417. The highest BCUT2D eigenvalue weighted by Gasteiger charge is 2.12. The second kappa shape index (κ2) is 7.38. The van der Waals surface area contributed by atoms with Crippen molar-refractivity contribution in [3.63, 3.8) is 0 Å². The predicted molar refractivity (Wildman–Crippen MR) is 69.1 cm³/mol. The van der Waals surface area contributed by atoms with Gasteiger partial charge in [-0.25, -0.2) is 5.06 Å². The van der Waals surface area contributed by atoms with E-state index in [4.69, 9.17) is 15.5 Å². The minimum absolute atomic E-state index is 0.0202. The number of hydrogen-bond donors (Lipinski definition) is 1. The Morgan fingerprint density at radius 1 is 1.53 bits per heavy atom. The number of azide groups is 1. The molecule has 1 amide bonds. The second-order valence-corrected chi connectivity index (χ2v) is 4.07. The lowest BCUT2D eigenvalue weighted by atomic mass is 10.2. The van der Waals surface area contributed by atoms with Gasteiger partial charge in [0.2, 0.25) is 5.91 Å². The highest BCUT2D eigenvalue weighted by Crippen LogP contribution is 2.14. The Balaban J connectivity index is 2.47. The molecule has 0 aromatic heterocycles. The van der Waals surface area contributed by atoms with Crippen LogP contribution in [0.15, 0.2) is 29.4 Å². The molecule has 0 aliphatic heterocycles. The van der Waals surface area contributed by atoms with E-state index in [1.165, 1.54) is 7.05 Å². The van der Waals surface area contributed by atoms with Crippen molar-refractivity contribution in [2.24, 2.45) is 5.11 Å². The molecule has 7 heteroatoms. The molecule has 1 aromatic rings. The van der Waals surface area contributed by atoms with E-state index < -0.39 is 6.10 Å². The molecule has 1 unspecified atom stereocenters. The largest absolute Gasteiger partial charge is 0.393 e. The number of carbonyl (C=O) groups is 1. The molecular weight excluding hydrogens is 248 g/mol. The third-order valence-electron chi connectivity index (χ3n) is 2.34. The van der Waals surface area contributed by atoms with Crippen LogP contribution in [0.2, 0.25) is 0 Å². The van der Waals surface area contributed by atoms with Gasteiger partial charge in [0.05, 0.1) is 12.5 Å². The van der Waals surface area contributed by atoms with Crippen LogP contribution in [0.25, 0.3) is 10.4 Å².